The second-order valence-electron chi connectivity index (χ2n) is 2.72. The van der Waals surface area contributed by atoms with Crippen molar-refractivity contribution in [1.82, 2.24) is 0 Å². The van der Waals surface area contributed by atoms with E-state index < -0.39 is 0 Å². The van der Waals surface area contributed by atoms with Gasteiger partial charge in [-0.05, 0) is 34.7 Å². The molecule has 0 unspecified atom stereocenters. The summed E-state index contributed by atoms with van der Waals surface area (Å²) in [4.78, 5) is 0. The molecule has 0 fully saturated rings. The van der Waals surface area contributed by atoms with Gasteiger partial charge in [0.2, 0.25) is 0 Å². The van der Waals surface area contributed by atoms with Crippen molar-refractivity contribution in [2.45, 2.75) is 6.61 Å². The van der Waals surface area contributed by atoms with E-state index in [2.05, 4.69) is 22.6 Å². The molecule has 2 nitrogen and oxygen atoms in total. The number of hydrogen-bond donors (Lipinski definition) is 2. The second kappa shape index (κ2) is 3.43. The molecule has 1 heterocycles. The maximum absolute atomic E-state index is 9.49. The van der Waals surface area contributed by atoms with Crippen molar-refractivity contribution < 1.29 is 10.2 Å². The number of halogens is 1. The van der Waals surface area contributed by atoms with Gasteiger partial charge >= 0.3 is 0 Å². The third-order valence-corrected chi connectivity index (χ3v) is 4.16. The highest BCUT2D eigenvalue weighted by Crippen LogP contribution is 2.32. The quantitative estimate of drug-likeness (QED) is 0.795. The maximum atomic E-state index is 9.49. The number of aromatic hydroxyl groups is 1. The van der Waals surface area contributed by atoms with Crippen LogP contribution in [0.1, 0.15) is 5.56 Å². The molecule has 1 aromatic heterocycles. The Morgan fingerprint density at radius 2 is 2.15 bits per heavy atom. The summed E-state index contributed by atoms with van der Waals surface area (Å²) in [5, 5.41) is 21.5. The predicted octanol–water partition coefficient (Wildman–Crippen LogP) is 2.70. The standard InChI is InChI=1S/C9H7IO2S/c10-7-4-13-9-1-5(3-11)8(12)2-6(7)9/h1-2,4,11-12H,3H2. The van der Waals surface area contributed by atoms with Gasteiger partial charge in [-0.15, -0.1) is 11.3 Å². The van der Waals surface area contributed by atoms with Crippen LogP contribution < -0.4 is 0 Å². The highest BCUT2D eigenvalue weighted by molar-refractivity contribution is 14.1. The zero-order chi connectivity index (χ0) is 9.42. The van der Waals surface area contributed by atoms with Gasteiger partial charge < -0.3 is 10.2 Å². The highest BCUT2D eigenvalue weighted by Gasteiger charge is 2.06. The Bertz CT molecular complexity index is 450. The normalized spacial score (nSPS) is 10.9. The molecule has 0 bridgehead atoms. The molecule has 0 aliphatic heterocycles. The summed E-state index contributed by atoms with van der Waals surface area (Å²) in [5.41, 5.74) is 0.589. The van der Waals surface area contributed by atoms with E-state index in [0.29, 0.717) is 5.56 Å². The molecule has 0 amide bonds. The minimum absolute atomic E-state index is 0.115. The fourth-order valence-electron chi connectivity index (χ4n) is 1.20. The molecule has 2 N–H and O–H groups in total. The molecule has 1 aromatic carbocycles. The lowest BCUT2D eigenvalue weighted by Gasteiger charge is -2.00. The summed E-state index contributed by atoms with van der Waals surface area (Å²) in [6.07, 6.45) is 0. The Balaban J connectivity index is 2.76. The van der Waals surface area contributed by atoms with Gasteiger partial charge in [0.05, 0.1) is 6.61 Å². The van der Waals surface area contributed by atoms with Gasteiger partial charge in [-0.3, -0.25) is 0 Å². The molecule has 13 heavy (non-hydrogen) atoms. The van der Waals surface area contributed by atoms with E-state index in [-0.39, 0.29) is 12.4 Å². The number of phenols is 1. The summed E-state index contributed by atoms with van der Waals surface area (Å²) in [6.45, 7) is -0.115. The predicted molar refractivity (Wildman–Crippen MR) is 62.1 cm³/mol. The third kappa shape index (κ3) is 1.53. The molecule has 0 saturated carbocycles. The fraction of sp³-hybridized carbons (Fsp3) is 0.111. The largest absolute Gasteiger partial charge is 0.508 e. The number of benzene rings is 1. The zero-order valence-corrected chi connectivity index (χ0v) is 9.59. The van der Waals surface area contributed by atoms with E-state index in [1.54, 1.807) is 17.4 Å². The lowest BCUT2D eigenvalue weighted by atomic mass is 10.1. The summed E-state index contributed by atoms with van der Waals surface area (Å²) in [6, 6.07) is 3.54. The molecular weight excluding hydrogens is 299 g/mol. The molecular formula is C9H7IO2S. The first-order valence-corrected chi connectivity index (χ1v) is 5.67. The number of thiophene rings is 1. The van der Waals surface area contributed by atoms with Crippen molar-refractivity contribution in [3.63, 3.8) is 0 Å². The van der Waals surface area contributed by atoms with Crippen molar-refractivity contribution >= 4 is 44.0 Å². The summed E-state index contributed by atoms with van der Waals surface area (Å²) in [5.74, 6) is 0.173. The molecule has 2 aromatic rings. The molecule has 0 aliphatic carbocycles. The van der Waals surface area contributed by atoms with Gasteiger partial charge in [-0.25, -0.2) is 0 Å². The van der Waals surface area contributed by atoms with Crippen LogP contribution in [0.25, 0.3) is 10.1 Å². The average molecular weight is 306 g/mol. The molecule has 0 radical (unpaired) electrons. The molecule has 0 atom stereocenters. The third-order valence-electron chi connectivity index (χ3n) is 1.90. The Morgan fingerprint density at radius 3 is 2.85 bits per heavy atom. The Kier molecular flexibility index (Phi) is 2.44. The number of aliphatic hydroxyl groups excluding tert-OH is 1. The Labute approximate surface area is 93.0 Å². The van der Waals surface area contributed by atoms with E-state index in [1.807, 2.05) is 11.4 Å². The van der Waals surface area contributed by atoms with Crippen LogP contribution in [-0.2, 0) is 6.61 Å². The van der Waals surface area contributed by atoms with Crippen LogP contribution >= 0.6 is 33.9 Å². The van der Waals surface area contributed by atoms with Crippen molar-refractivity contribution in [3.05, 3.63) is 26.6 Å². The number of fused-ring (bicyclic) bond motifs is 1. The van der Waals surface area contributed by atoms with Crippen molar-refractivity contribution in [2.24, 2.45) is 0 Å². The summed E-state index contributed by atoms with van der Waals surface area (Å²) >= 11 is 3.85. The van der Waals surface area contributed by atoms with Crippen LogP contribution in [-0.4, -0.2) is 10.2 Å². The molecule has 2 rings (SSSR count). The van der Waals surface area contributed by atoms with Crippen LogP contribution in [0.2, 0.25) is 0 Å². The van der Waals surface area contributed by atoms with E-state index >= 15 is 0 Å². The molecule has 0 saturated heterocycles. The van der Waals surface area contributed by atoms with E-state index in [1.165, 1.54) is 0 Å². The first kappa shape index (κ1) is 9.23. The molecule has 4 heteroatoms. The van der Waals surface area contributed by atoms with E-state index in [9.17, 15) is 5.11 Å². The van der Waals surface area contributed by atoms with E-state index in [0.717, 1.165) is 13.7 Å². The first-order valence-electron chi connectivity index (χ1n) is 3.72. The second-order valence-corrected chi connectivity index (χ2v) is 4.79. The van der Waals surface area contributed by atoms with Crippen molar-refractivity contribution in [1.29, 1.82) is 0 Å². The smallest absolute Gasteiger partial charge is 0.121 e. The van der Waals surface area contributed by atoms with Crippen LogP contribution in [0.15, 0.2) is 17.5 Å². The maximum Gasteiger partial charge on any atom is 0.121 e. The minimum atomic E-state index is -0.115. The number of rotatable bonds is 1. The van der Waals surface area contributed by atoms with Crippen LogP contribution in [0.5, 0.6) is 5.75 Å². The van der Waals surface area contributed by atoms with Gasteiger partial charge in [-0.2, -0.15) is 0 Å². The molecule has 0 spiro atoms. The number of aliphatic hydroxyl groups is 1. The van der Waals surface area contributed by atoms with Crippen molar-refractivity contribution in [3.8, 4) is 5.75 Å². The lowest BCUT2D eigenvalue weighted by Crippen LogP contribution is -1.83. The van der Waals surface area contributed by atoms with Gasteiger partial charge in [0.1, 0.15) is 5.75 Å². The fourth-order valence-corrected chi connectivity index (χ4v) is 3.07. The topological polar surface area (TPSA) is 40.5 Å². The average Bonchev–Trinajstić information content (AvgIpc) is 2.47. The van der Waals surface area contributed by atoms with Gasteiger partial charge in [-0.1, -0.05) is 0 Å². The lowest BCUT2D eigenvalue weighted by molar-refractivity contribution is 0.276. The summed E-state index contributed by atoms with van der Waals surface area (Å²) < 4.78 is 2.24. The molecule has 0 aliphatic rings. The van der Waals surface area contributed by atoms with E-state index in [4.69, 9.17) is 5.11 Å². The van der Waals surface area contributed by atoms with Crippen LogP contribution in [0, 0.1) is 3.57 Å². The van der Waals surface area contributed by atoms with Crippen molar-refractivity contribution in [2.75, 3.05) is 0 Å². The first-order chi connectivity index (χ1) is 6.22. The SMILES string of the molecule is OCc1cc2scc(I)c2cc1O. The number of hydrogen-bond acceptors (Lipinski definition) is 3. The molecule has 68 valence electrons. The van der Waals surface area contributed by atoms with Crippen LogP contribution in [0.4, 0.5) is 0 Å². The van der Waals surface area contributed by atoms with Crippen LogP contribution in [0.3, 0.4) is 0 Å². The Morgan fingerprint density at radius 1 is 1.38 bits per heavy atom. The van der Waals surface area contributed by atoms with Gasteiger partial charge in [0, 0.05) is 24.6 Å². The van der Waals surface area contributed by atoms with Gasteiger partial charge in [0.15, 0.2) is 0 Å². The zero-order valence-electron chi connectivity index (χ0n) is 6.62. The van der Waals surface area contributed by atoms with Gasteiger partial charge in [0.25, 0.3) is 0 Å². The Hall–Kier alpha value is -0.330. The highest BCUT2D eigenvalue weighted by atomic mass is 127. The minimum Gasteiger partial charge on any atom is -0.508 e. The monoisotopic (exact) mass is 306 g/mol. The summed E-state index contributed by atoms with van der Waals surface area (Å²) in [7, 11) is 0.